The number of nitrogens with zero attached hydrogens (tertiary/aromatic N) is 2. The van der Waals surface area contributed by atoms with Gasteiger partial charge in [-0.15, -0.1) is 0 Å². The molecule has 0 aromatic heterocycles. The number of benzene rings is 2. The van der Waals surface area contributed by atoms with Gasteiger partial charge in [0.2, 0.25) is 0 Å². The van der Waals surface area contributed by atoms with Gasteiger partial charge in [-0.3, -0.25) is 9.69 Å². The van der Waals surface area contributed by atoms with E-state index < -0.39 is 102 Å². The molecule has 5 rings (SSSR count). The number of aliphatic hydroxyl groups excluding tert-OH is 3. The van der Waals surface area contributed by atoms with E-state index in [0.717, 1.165) is 10.8 Å². The fraction of sp³-hybridized carbons (Fsp3) is 0.760. The second kappa shape index (κ2) is 22.8. The van der Waals surface area contributed by atoms with E-state index in [-0.39, 0.29) is 50.4 Å². The van der Waals surface area contributed by atoms with Crippen LogP contribution in [0, 0.1) is 17.8 Å². The highest BCUT2D eigenvalue weighted by Crippen LogP contribution is 2.40. The first-order valence-electron chi connectivity index (χ1n) is 24.1. The van der Waals surface area contributed by atoms with Gasteiger partial charge in [0.1, 0.15) is 30.0 Å². The average molecular weight is 947 g/mol. The smallest absolute Gasteiger partial charge is 0.319 e. The van der Waals surface area contributed by atoms with Crippen LogP contribution in [0.3, 0.4) is 0 Å². The summed E-state index contributed by atoms with van der Waals surface area (Å²) < 4.78 is 38.1. The molecule has 2 aromatic carbocycles. The summed E-state index contributed by atoms with van der Waals surface area (Å²) in [5.74, 6) is -2.95. The first-order chi connectivity index (χ1) is 31.3. The summed E-state index contributed by atoms with van der Waals surface area (Å²) in [5.41, 5.74) is -4.04. The van der Waals surface area contributed by atoms with E-state index in [1.54, 1.807) is 48.5 Å². The predicted octanol–water partition coefficient (Wildman–Crippen LogP) is 4.25. The van der Waals surface area contributed by atoms with E-state index in [2.05, 4.69) is 10.6 Å². The third-order valence-corrected chi connectivity index (χ3v) is 14.8. The Morgan fingerprint density at radius 2 is 1.60 bits per heavy atom. The average Bonchev–Trinajstić information content (AvgIpc) is 3.27. The zero-order valence-corrected chi connectivity index (χ0v) is 42.0. The number of methoxy groups -OCH3 is 1. The zero-order chi connectivity index (χ0) is 49.8. The van der Waals surface area contributed by atoms with Crippen LogP contribution in [0.5, 0.6) is 0 Å². The highest BCUT2D eigenvalue weighted by molar-refractivity contribution is 6.01. The molecule has 3 aliphatic rings. The summed E-state index contributed by atoms with van der Waals surface area (Å²) in [4.78, 5) is 31.7. The van der Waals surface area contributed by atoms with Gasteiger partial charge in [-0.2, -0.15) is 0 Å². The molecule has 17 nitrogen and oxygen atoms in total. The number of hydrogen-bond donors (Lipinski definition) is 7. The van der Waals surface area contributed by atoms with Crippen molar-refractivity contribution in [2.75, 3.05) is 46.2 Å². The van der Waals surface area contributed by atoms with Crippen LogP contribution in [0.25, 0.3) is 10.8 Å². The summed E-state index contributed by atoms with van der Waals surface area (Å²) in [6.45, 7) is 18.1. The lowest BCUT2D eigenvalue weighted by Gasteiger charge is -2.48. The topological polar surface area (TPSA) is 221 Å². The van der Waals surface area contributed by atoms with Crippen molar-refractivity contribution in [3.63, 3.8) is 0 Å². The molecule has 0 bridgehead atoms. The summed E-state index contributed by atoms with van der Waals surface area (Å²) in [5, 5.41) is 67.7. The molecular weight excluding hydrogens is 865 g/mol. The predicted molar refractivity (Wildman–Crippen MR) is 254 cm³/mol. The fourth-order valence-corrected chi connectivity index (χ4v) is 10.7. The van der Waals surface area contributed by atoms with Gasteiger partial charge in [-0.05, 0) is 99.2 Å². The molecule has 0 radical (unpaired) electrons. The Balaban J connectivity index is 1.51. The number of hydrogen-bond acceptors (Lipinski definition) is 15. The van der Waals surface area contributed by atoms with Gasteiger partial charge in [-0.1, -0.05) is 57.2 Å². The highest BCUT2D eigenvalue weighted by atomic mass is 16.7. The molecule has 17 heteroatoms. The molecule has 2 amide bonds. The molecule has 67 heavy (non-hydrogen) atoms. The van der Waals surface area contributed by atoms with Crippen LogP contribution in [0.15, 0.2) is 42.5 Å². The molecule has 380 valence electrons. The van der Waals surface area contributed by atoms with E-state index in [4.69, 9.17) is 28.4 Å². The molecule has 7 N–H and O–H groups in total. The van der Waals surface area contributed by atoms with E-state index in [0.29, 0.717) is 18.7 Å². The first-order valence-corrected chi connectivity index (χ1v) is 24.1. The largest absolute Gasteiger partial charge is 0.459 e. The minimum atomic E-state index is -1.95. The van der Waals surface area contributed by atoms with Crippen LogP contribution < -0.4 is 10.6 Å². The molecule has 18 atom stereocenters. The number of urea groups is 1. The lowest BCUT2D eigenvalue weighted by Crippen LogP contribution is -2.60. The molecule has 0 aliphatic carbocycles. The summed E-state index contributed by atoms with van der Waals surface area (Å²) >= 11 is 0. The van der Waals surface area contributed by atoms with Crippen molar-refractivity contribution in [2.24, 2.45) is 17.8 Å². The quantitative estimate of drug-likeness (QED) is 0.157. The lowest BCUT2D eigenvalue weighted by molar-refractivity contribution is -0.318. The number of amides is 2. The second-order valence-electron chi connectivity index (χ2n) is 20.6. The van der Waals surface area contributed by atoms with Gasteiger partial charge in [-0.25, -0.2) is 4.79 Å². The van der Waals surface area contributed by atoms with Crippen LogP contribution in [0.2, 0.25) is 0 Å². The maximum absolute atomic E-state index is 14.6. The van der Waals surface area contributed by atoms with Crippen molar-refractivity contribution >= 4 is 28.5 Å². The van der Waals surface area contributed by atoms with Crippen molar-refractivity contribution in [1.29, 1.82) is 0 Å². The number of likely N-dealkylation sites (N-methyl/N-ethyl adjacent to an activating group) is 1. The molecule has 3 aliphatic heterocycles. The second-order valence-corrected chi connectivity index (χ2v) is 20.6. The first kappa shape index (κ1) is 54.9. The van der Waals surface area contributed by atoms with E-state index >= 15 is 0 Å². The summed E-state index contributed by atoms with van der Waals surface area (Å²) in [6.07, 6.45) is -9.21. The van der Waals surface area contributed by atoms with Crippen LogP contribution in [0.4, 0.5) is 10.5 Å². The van der Waals surface area contributed by atoms with Gasteiger partial charge in [0, 0.05) is 56.6 Å². The number of aliphatic hydroxyl groups is 5. The molecule has 3 fully saturated rings. The van der Waals surface area contributed by atoms with Gasteiger partial charge in [0.15, 0.2) is 12.6 Å². The number of cyclic esters (lactones) is 1. The summed E-state index contributed by atoms with van der Waals surface area (Å²) in [7, 11) is 5.25. The van der Waals surface area contributed by atoms with E-state index in [1.165, 1.54) is 14.0 Å². The van der Waals surface area contributed by atoms with Crippen molar-refractivity contribution < 1.29 is 63.5 Å². The minimum absolute atomic E-state index is 0.0946. The number of nitrogens with one attached hydrogen (secondary N) is 2. The maximum Gasteiger partial charge on any atom is 0.319 e. The number of rotatable bonds is 11. The number of fused-ring (bicyclic) bond motifs is 1. The number of carbonyl (C=O) groups is 2. The number of esters is 1. The minimum Gasteiger partial charge on any atom is -0.459 e. The Bertz CT molecular complexity index is 1920. The molecule has 0 spiro atoms. The van der Waals surface area contributed by atoms with E-state index in [9.17, 15) is 35.1 Å². The molecule has 2 aromatic rings. The van der Waals surface area contributed by atoms with Crippen LogP contribution in [0.1, 0.15) is 94.9 Å². The number of anilines is 1. The Morgan fingerprint density at radius 1 is 0.925 bits per heavy atom. The van der Waals surface area contributed by atoms with Crippen LogP contribution >= 0.6 is 0 Å². The molecule has 0 saturated carbocycles. The number of ether oxygens (including phenoxy) is 6. The van der Waals surface area contributed by atoms with Gasteiger partial charge in [0.05, 0.1) is 47.2 Å². The zero-order valence-electron chi connectivity index (χ0n) is 42.0. The van der Waals surface area contributed by atoms with Crippen LogP contribution in [-0.4, -0.2) is 178 Å². The monoisotopic (exact) mass is 947 g/mol. The summed E-state index contributed by atoms with van der Waals surface area (Å²) in [6, 6.07) is 11.9. The Hall–Kier alpha value is -3.04. The molecular formula is C50H82N4O13. The van der Waals surface area contributed by atoms with Gasteiger partial charge >= 0.3 is 12.0 Å². The third-order valence-electron chi connectivity index (χ3n) is 14.8. The van der Waals surface area contributed by atoms with E-state index in [1.807, 2.05) is 80.2 Å². The standard InChI is InChI=1S/C50H82N4O13/c1-14-38-50(10,61)42(56)32(6)54(23-22-51-47(59)52-36-21-17-19-34-18-15-16-20-35(34)36)27-28(2)25-48(8,60)44(67-46-40(55)37(53(11)12)24-29(3)63-46)30(4)41(31(5)45(58)65-38)66-39-26-49(9,62-13)43(57)33(7)64-39/h15-21,28-33,37-44,46,55-57,60-61H,14,22-27H2,1-13H3,(H2,51,52,59)/t28-,29-,30+,31-,32-,33+,37+,38-,39+,40-,41+,42-,43+,44-,46+,48-,49-,50-/m1/s1. The maximum atomic E-state index is 14.6. The Morgan fingerprint density at radius 3 is 2.25 bits per heavy atom. The Kier molecular flexibility index (Phi) is 18.7. The van der Waals surface area contributed by atoms with Crippen molar-refractivity contribution in [1.82, 2.24) is 15.1 Å². The van der Waals surface area contributed by atoms with Crippen molar-refractivity contribution in [3.05, 3.63) is 42.5 Å². The molecule has 3 saturated heterocycles. The Labute approximate surface area is 397 Å². The van der Waals surface area contributed by atoms with Crippen molar-refractivity contribution in [2.45, 2.75) is 185 Å². The molecule has 0 unspecified atom stereocenters. The highest BCUT2D eigenvalue weighted by Gasteiger charge is 2.53. The van der Waals surface area contributed by atoms with Crippen LogP contribution in [-0.2, 0) is 33.2 Å². The normalized spacial score (nSPS) is 41.0. The third kappa shape index (κ3) is 12.8. The number of carbonyl (C=O) groups excluding carboxylic acids is 2. The van der Waals surface area contributed by atoms with Crippen molar-refractivity contribution in [3.8, 4) is 0 Å². The lowest BCUT2D eigenvalue weighted by atomic mass is 9.77. The SMILES string of the molecule is CC[C@H]1OC(=O)[C@H](C)[C@@H](O[C@H]2C[C@@](C)(OC)[C@@H](O)[C@H](C)O2)[C@H](C)[C@@H](O[C@@H]2O[C@H](C)C[C@H](N(C)C)[C@H]2O)[C@](C)(O)C[C@@H](C)CN(CCNC(=O)Nc2cccc3ccccc23)[C@H](C)[C@@H](O)[C@]1(C)O. The molecule has 3 heterocycles. The van der Waals surface area contributed by atoms with Gasteiger partial charge in [0.25, 0.3) is 0 Å². The fourth-order valence-electron chi connectivity index (χ4n) is 10.7. The van der Waals surface area contributed by atoms with Gasteiger partial charge < -0.3 is 69.5 Å².